The molecule has 3 aromatic rings. The van der Waals surface area contributed by atoms with Gasteiger partial charge in [0, 0.05) is 31.3 Å². The minimum absolute atomic E-state index is 0.0281. The van der Waals surface area contributed by atoms with Crippen LogP contribution in [0.25, 0.3) is 11.1 Å². The highest BCUT2D eigenvalue weighted by atomic mass is 19.1. The Kier molecular flexibility index (Phi) is 7.68. The molecule has 4 atom stereocenters. The molecule has 0 spiro atoms. The number of hydrogen-bond acceptors (Lipinski definition) is 5. The van der Waals surface area contributed by atoms with Gasteiger partial charge in [-0.1, -0.05) is 37.3 Å². The van der Waals surface area contributed by atoms with Crippen LogP contribution in [-0.2, 0) is 17.8 Å². The molecule has 3 heterocycles. The zero-order chi connectivity index (χ0) is 28.7. The first-order valence-electron chi connectivity index (χ1n) is 14.5. The summed E-state index contributed by atoms with van der Waals surface area (Å²) in [5, 5.41) is 9.72. The highest BCUT2D eigenvalue weighted by molar-refractivity contribution is 5.71. The number of aliphatic carboxylic acids is 1. The van der Waals surface area contributed by atoms with Crippen LogP contribution in [0.1, 0.15) is 66.9 Å². The van der Waals surface area contributed by atoms with Crippen LogP contribution in [0.4, 0.5) is 8.78 Å². The zero-order valence-corrected chi connectivity index (χ0v) is 23.5. The van der Waals surface area contributed by atoms with Crippen LogP contribution in [0, 0.1) is 17.7 Å². The summed E-state index contributed by atoms with van der Waals surface area (Å²) in [5.74, 6) is -0.178. The largest absolute Gasteiger partial charge is 0.485 e. The molecule has 6 rings (SSSR count). The van der Waals surface area contributed by atoms with E-state index in [1.807, 2.05) is 18.2 Å². The molecule has 2 fully saturated rings. The van der Waals surface area contributed by atoms with E-state index in [4.69, 9.17) is 9.47 Å². The number of halogens is 2. The number of nitrogens with zero attached hydrogens (tertiary/aromatic N) is 2. The van der Waals surface area contributed by atoms with Gasteiger partial charge < -0.3 is 14.6 Å². The van der Waals surface area contributed by atoms with Gasteiger partial charge in [-0.25, -0.2) is 13.8 Å². The van der Waals surface area contributed by atoms with Crippen molar-refractivity contribution in [2.24, 2.45) is 11.8 Å². The van der Waals surface area contributed by atoms with Crippen molar-refractivity contribution in [3.05, 3.63) is 76.7 Å². The van der Waals surface area contributed by atoms with E-state index in [-0.39, 0.29) is 12.0 Å². The van der Waals surface area contributed by atoms with Gasteiger partial charge in [0.2, 0.25) is 5.88 Å². The van der Waals surface area contributed by atoms with Crippen molar-refractivity contribution in [3.63, 3.8) is 0 Å². The van der Waals surface area contributed by atoms with E-state index in [1.165, 1.54) is 7.11 Å². The fourth-order valence-electron chi connectivity index (χ4n) is 6.52. The van der Waals surface area contributed by atoms with Crippen LogP contribution in [0.3, 0.4) is 0 Å². The molecule has 41 heavy (non-hydrogen) atoms. The van der Waals surface area contributed by atoms with Crippen molar-refractivity contribution >= 4 is 5.97 Å². The predicted octanol–water partition coefficient (Wildman–Crippen LogP) is 6.72. The molecule has 1 aliphatic carbocycles. The molecule has 2 aliphatic heterocycles. The summed E-state index contributed by atoms with van der Waals surface area (Å²) in [4.78, 5) is 17.9. The quantitative estimate of drug-likeness (QED) is 0.312. The number of fused-ring (bicyclic) bond motifs is 1. The molecule has 0 bridgehead atoms. The van der Waals surface area contributed by atoms with Gasteiger partial charge in [0.25, 0.3) is 0 Å². The molecular weight excluding hydrogens is 526 g/mol. The molecule has 216 valence electrons. The Hall–Kier alpha value is -3.52. The number of rotatable bonds is 9. The van der Waals surface area contributed by atoms with E-state index >= 15 is 0 Å². The normalized spacial score (nSPS) is 22.0. The second kappa shape index (κ2) is 11.4. The third-order valence-electron chi connectivity index (χ3n) is 8.92. The second-order valence-electron chi connectivity index (χ2n) is 11.7. The third-order valence-corrected chi connectivity index (χ3v) is 8.92. The Morgan fingerprint density at radius 3 is 2.68 bits per heavy atom. The van der Waals surface area contributed by atoms with E-state index in [2.05, 4.69) is 28.1 Å². The molecule has 1 saturated heterocycles. The highest BCUT2D eigenvalue weighted by Crippen LogP contribution is 2.48. The van der Waals surface area contributed by atoms with Gasteiger partial charge in [0.1, 0.15) is 23.8 Å². The molecule has 1 unspecified atom stereocenters. The van der Waals surface area contributed by atoms with Crippen molar-refractivity contribution < 1.29 is 28.2 Å². The van der Waals surface area contributed by atoms with Crippen molar-refractivity contribution in [2.75, 3.05) is 20.2 Å². The van der Waals surface area contributed by atoms with Gasteiger partial charge in [0.15, 0.2) is 0 Å². The van der Waals surface area contributed by atoms with Crippen LogP contribution in [0.2, 0.25) is 0 Å². The number of alkyl halides is 1. The second-order valence-corrected chi connectivity index (χ2v) is 11.7. The van der Waals surface area contributed by atoms with E-state index in [9.17, 15) is 18.7 Å². The van der Waals surface area contributed by atoms with Crippen molar-refractivity contribution in [3.8, 4) is 22.8 Å². The van der Waals surface area contributed by atoms with Gasteiger partial charge >= 0.3 is 5.97 Å². The highest BCUT2D eigenvalue weighted by Gasteiger charge is 2.39. The third kappa shape index (κ3) is 5.80. The summed E-state index contributed by atoms with van der Waals surface area (Å²) in [7, 11) is 1.50. The number of hydrogen-bond donors (Lipinski definition) is 1. The SMILES string of the molecule is COc1cc(-c2ccc(C3CCc4ccc([C@H](C5CC5)[C@H](C)C(=O)O)cc4O3)cc2CN2CC[C@H](F)C2)c(F)cn1. The molecule has 0 amide bonds. The number of pyridine rings is 1. The van der Waals surface area contributed by atoms with Gasteiger partial charge in [0.05, 0.1) is 19.2 Å². The average Bonchev–Trinajstić information content (AvgIpc) is 3.73. The Morgan fingerprint density at radius 2 is 1.98 bits per heavy atom. The lowest BCUT2D eigenvalue weighted by Crippen LogP contribution is -2.22. The molecule has 1 aromatic heterocycles. The number of likely N-dealkylation sites (tertiary alicyclic amines) is 1. The lowest BCUT2D eigenvalue weighted by atomic mass is 9.82. The summed E-state index contributed by atoms with van der Waals surface area (Å²) in [6.07, 6.45) is 4.35. The molecule has 3 aliphatic rings. The Morgan fingerprint density at radius 1 is 1.15 bits per heavy atom. The number of carboxylic acid groups (broad SMARTS) is 1. The molecular formula is C33H36F2N2O4. The Bertz CT molecular complexity index is 1440. The number of carboxylic acids is 1. The number of ether oxygens (including phenoxy) is 2. The monoisotopic (exact) mass is 562 g/mol. The maximum absolute atomic E-state index is 15.0. The molecule has 0 radical (unpaired) electrons. The van der Waals surface area contributed by atoms with Gasteiger partial charge in [-0.2, -0.15) is 0 Å². The number of aryl methyl sites for hydroxylation is 1. The molecule has 6 nitrogen and oxygen atoms in total. The molecule has 8 heteroatoms. The topological polar surface area (TPSA) is 71.9 Å². The van der Waals surface area contributed by atoms with Crippen LogP contribution in [0.15, 0.2) is 48.7 Å². The molecule has 1 N–H and O–H groups in total. The Labute approximate surface area is 239 Å². The first-order valence-corrected chi connectivity index (χ1v) is 14.5. The van der Waals surface area contributed by atoms with E-state index in [0.717, 1.165) is 65.4 Å². The lowest BCUT2D eigenvalue weighted by molar-refractivity contribution is -0.142. The average molecular weight is 563 g/mol. The minimum atomic E-state index is -0.852. The minimum Gasteiger partial charge on any atom is -0.485 e. The summed E-state index contributed by atoms with van der Waals surface area (Å²) in [6.45, 7) is 3.31. The van der Waals surface area contributed by atoms with Crippen molar-refractivity contribution in [2.45, 2.75) is 63.8 Å². The standard InChI is InChI=1S/C33H36F2N2O4/c1-19(33(38)39)32(21-4-5-21)23-6-3-20-8-10-29(41-30(20)14-23)22-7-9-26(27-15-31(40-2)36-16-28(27)35)24(13-22)17-37-12-11-25(34)18-37/h3,6-7,9,13-16,19,21,25,29,32H,4-5,8,10-12,17-18H2,1-2H3,(H,38,39)/t19-,25-,29?,32-/m0/s1. The summed E-state index contributed by atoms with van der Waals surface area (Å²) < 4.78 is 40.8. The predicted molar refractivity (Wildman–Crippen MR) is 151 cm³/mol. The van der Waals surface area contributed by atoms with Crippen LogP contribution < -0.4 is 9.47 Å². The maximum Gasteiger partial charge on any atom is 0.306 e. The van der Waals surface area contributed by atoms with Gasteiger partial charge in [-0.3, -0.25) is 9.69 Å². The first kappa shape index (κ1) is 27.6. The molecule has 1 saturated carbocycles. The molecule has 2 aromatic carbocycles. The summed E-state index contributed by atoms with van der Waals surface area (Å²) in [5.41, 5.74) is 5.15. The summed E-state index contributed by atoms with van der Waals surface area (Å²) >= 11 is 0. The van der Waals surface area contributed by atoms with E-state index in [0.29, 0.717) is 43.4 Å². The van der Waals surface area contributed by atoms with Gasteiger partial charge in [-0.05, 0) is 77.8 Å². The van der Waals surface area contributed by atoms with Crippen molar-refractivity contribution in [1.82, 2.24) is 9.88 Å². The maximum atomic E-state index is 15.0. The zero-order valence-electron chi connectivity index (χ0n) is 23.5. The van der Waals surface area contributed by atoms with Crippen LogP contribution >= 0.6 is 0 Å². The van der Waals surface area contributed by atoms with E-state index in [1.54, 1.807) is 13.0 Å². The first-order chi connectivity index (χ1) is 19.8. The lowest BCUT2D eigenvalue weighted by Gasteiger charge is -2.29. The number of carbonyl (C=O) groups is 1. The fourth-order valence-corrected chi connectivity index (χ4v) is 6.52. The number of aromatic nitrogens is 1. The van der Waals surface area contributed by atoms with E-state index < -0.39 is 23.9 Å². The van der Waals surface area contributed by atoms with Crippen LogP contribution in [-0.4, -0.2) is 47.3 Å². The number of methoxy groups -OCH3 is 1. The van der Waals surface area contributed by atoms with Gasteiger partial charge in [-0.15, -0.1) is 0 Å². The fraction of sp³-hybridized carbons (Fsp3) is 0.455. The number of benzene rings is 2. The smallest absolute Gasteiger partial charge is 0.306 e. The Balaban J connectivity index is 1.31. The van der Waals surface area contributed by atoms with Crippen molar-refractivity contribution in [1.29, 1.82) is 0 Å². The van der Waals surface area contributed by atoms with Crippen LogP contribution in [0.5, 0.6) is 11.6 Å². The summed E-state index contributed by atoms with van der Waals surface area (Å²) in [6, 6.07) is 13.8.